The lowest BCUT2D eigenvalue weighted by Gasteiger charge is -2.11. The third kappa shape index (κ3) is 2.61. The molecule has 1 aliphatic heterocycles. The lowest BCUT2D eigenvalue weighted by atomic mass is 9.39. The summed E-state index contributed by atoms with van der Waals surface area (Å²) in [5, 5.41) is 5.20. The Morgan fingerprint density at radius 3 is 1.49 bits per heavy atom. The van der Waals surface area contributed by atoms with Crippen LogP contribution in [0.1, 0.15) is 11.1 Å². The van der Waals surface area contributed by atoms with E-state index >= 15 is 0 Å². The van der Waals surface area contributed by atoms with Crippen molar-refractivity contribution in [2.24, 2.45) is 0 Å². The second-order valence-corrected chi connectivity index (χ2v) is 10.2. The zero-order valence-corrected chi connectivity index (χ0v) is 19.7. The molecular weight excluding hydrogens is 423 g/mol. The number of H-pyrrole nitrogens is 2. The first-order valence-electron chi connectivity index (χ1n) is 12.3. The Bertz CT molecular complexity index is 1850. The van der Waals surface area contributed by atoms with Crippen LogP contribution in [0.25, 0.3) is 54.7 Å². The van der Waals surface area contributed by atoms with E-state index in [1.54, 1.807) is 0 Å². The number of aromatic amines is 2. The van der Waals surface area contributed by atoms with Crippen LogP contribution in [0.15, 0.2) is 91.0 Å². The molecule has 0 aliphatic carbocycles. The first-order chi connectivity index (χ1) is 17.1. The van der Waals surface area contributed by atoms with Crippen LogP contribution < -0.4 is 16.4 Å². The average Bonchev–Trinajstić information content (AvgIpc) is 3.49. The van der Waals surface area contributed by atoms with Crippen LogP contribution in [0.5, 0.6) is 0 Å². The van der Waals surface area contributed by atoms with Crippen LogP contribution in [-0.2, 0) is 0 Å². The predicted molar refractivity (Wildman–Crippen MR) is 151 cm³/mol. The van der Waals surface area contributed by atoms with Gasteiger partial charge in [0.1, 0.15) is 0 Å². The molecule has 0 radical (unpaired) electrons. The summed E-state index contributed by atoms with van der Waals surface area (Å²) in [6.45, 7) is 4.53. The summed E-state index contributed by atoms with van der Waals surface area (Å²) in [4.78, 5) is 7.38. The highest BCUT2D eigenvalue weighted by atomic mass is 14.7. The number of aromatic nitrogens is 2. The van der Waals surface area contributed by atoms with E-state index < -0.39 is 0 Å². The highest BCUT2D eigenvalue weighted by Gasteiger charge is 2.34. The van der Waals surface area contributed by atoms with Gasteiger partial charge in [0.2, 0.25) is 6.71 Å². The lowest BCUT2D eigenvalue weighted by Crippen LogP contribution is -2.48. The van der Waals surface area contributed by atoms with Gasteiger partial charge in [-0.3, -0.25) is 0 Å². The van der Waals surface area contributed by atoms with Crippen molar-refractivity contribution in [1.82, 2.24) is 9.97 Å². The van der Waals surface area contributed by atoms with E-state index in [1.165, 1.54) is 82.3 Å². The maximum Gasteiger partial charge on any atom is 0.242 e. The first-order valence-corrected chi connectivity index (χ1v) is 12.3. The summed E-state index contributed by atoms with van der Waals surface area (Å²) in [7, 11) is 0. The summed E-state index contributed by atoms with van der Waals surface area (Å²) < 4.78 is 0. The van der Waals surface area contributed by atoms with Crippen LogP contribution in [0, 0.1) is 13.8 Å². The van der Waals surface area contributed by atoms with E-state index in [2.05, 4.69) is 115 Å². The fraction of sp³-hybridized carbons (Fsp3) is 0.0625. The van der Waals surface area contributed by atoms with E-state index in [9.17, 15) is 0 Å². The van der Waals surface area contributed by atoms with Crippen LogP contribution in [0.4, 0.5) is 0 Å². The summed E-state index contributed by atoms with van der Waals surface area (Å²) in [5.41, 5.74) is 14.2. The zero-order chi connectivity index (χ0) is 23.3. The van der Waals surface area contributed by atoms with Crippen molar-refractivity contribution in [3.05, 3.63) is 102 Å². The van der Waals surface area contributed by atoms with Crippen LogP contribution in [-0.4, -0.2) is 16.7 Å². The largest absolute Gasteiger partial charge is 0.354 e. The smallest absolute Gasteiger partial charge is 0.242 e. The molecule has 2 nitrogen and oxygen atoms in total. The SMILES string of the molecule is Cc1ccc2c(c1)[nH]c1cc3c(cc12)B(c1ccccc1)c1cc2c(cc1-3)[nH]c1cc(C)ccc12. The highest BCUT2D eigenvalue weighted by Crippen LogP contribution is 2.35. The first kappa shape index (κ1) is 19.1. The predicted octanol–water partition coefficient (Wildman–Crippen LogP) is 6.07. The van der Waals surface area contributed by atoms with Crippen LogP contribution >= 0.6 is 0 Å². The molecule has 0 fully saturated rings. The molecule has 7 aromatic rings. The molecule has 2 N–H and O–H groups in total. The van der Waals surface area contributed by atoms with E-state index in [1.807, 2.05) is 0 Å². The number of benzene rings is 5. The maximum absolute atomic E-state index is 3.69. The zero-order valence-electron chi connectivity index (χ0n) is 19.7. The Morgan fingerprint density at radius 1 is 0.486 bits per heavy atom. The summed E-state index contributed by atoms with van der Waals surface area (Å²) in [6, 6.07) is 34.0. The van der Waals surface area contributed by atoms with Gasteiger partial charge in [-0.1, -0.05) is 83.1 Å². The minimum atomic E-state index is 0.223. The van der Waals surface area contributed by atoms with Gasteiger partial charge in [-0.15, -0.1) is 0 Å². The van der Waals surface area contributed by atoms with Crippen molar-refractivity contribution in [2.45, 2.75) is 13.8 Å². The van der Waals surface area contributed by atoms with Gasteiger partial charge in [0.15, 0.2) is 0 Å². The molecule has 3 heteroatoms. The van der Waals surface area contributed by atoms with Crippen molar-refractivity contribution in [3.63, 3.8) is 0 Å². The molecular formula is C32H23BN2. The molecule has 0 atom stereocenters. The Balaban J connectivity index is 1.47. The fourth-order valence-corrected chi connectivity index (χ4v) is 6.28. The molecule has 0 saturated carbocycles. The van der Waals surface area contributed by atoms with Gasteiger partial charge in [-0.2, -0.15) is 0 Å². The van der Waals surface area contributed by atoms with E-state index in [0.29, 0.717) is 0 Å². The Labute approximate surface area is 203 Å². The van der Waals surface area contributed by atoms with Gasteiger partial charge in [-0.25, -0.2) is 0 Å². The molecule has 0 spiro atoms. The molecule has 0 unspecified atom stereocenters. The van der Waals surface area contributed by atoms with Crippen molar-refractivity contribution in [3.8, 4) is 11.1 Å². The Kier molecular flexibility index (Phi) is 3.64. The fourth-order valence-electron chi connectivity index (χ4n) is 6.28. The molecule has 0 saturated heterocycles. The van der Waals surface area contributed by atoms with E-state index in [0.717, 1.165) is 0 Å². The molecule has 0 bridgehead atoms. The second kappa shape index (κ2) is 6.67. The second-order valence-electron chi connectivity index (χ2n) is 10.2. The average molecular weight is 446 g/mol. The quantitative estimate of drug-likeness (QED) is 0.287. The van der Waals surface area contributed by atoms with Crippen LogP contribution in [0.3, 0.4) is 0 Å². The van der Waals surface area contributed by atoms with Crippen molar-refractivity contribution in [2.75, 3.05) is 0 Å². The summed E-state index contributed by atoms with van der Waals surface area (Å²) >= 11 is 0. The number of hydrogen-bond donors (Lipinski definition) is 2. The molecule has 164 valence electrons. The minimum Gasteiger partial charge on any atom is -0.354 e. The third-order valence-corrected chi connectivity index (χ3v) is 7.89. The van der Waals surface area contributed by atoms with Crippen molar-refractivity contribution in [1.29, 1.82) is 0 Å². The van der Waals surface area contributed by atoms with Gasteiger partial charge in [-0.05, 0) is 60.4 Å². The number of aryl methyl sites for hydroxylation is 2. The maximum atomic E-state index is 3.69. The number of rotatable bonds is 1. The Morgan fingerprint density at radius 2 is 0.971 bits per heavy atom. The molecule has 0 amide bonds. The van der Waals surface area contributed by atoms with Gasteiger partial charge >= 0.3 is 0 Å². The number of fused-ring (bicyclic) bond motifs is 9. The molecule has 8 rings (SSSR count). The minimum absolute atomic E-state index is 0.223. The van der Waals surface area contributed by atoms with E-state index in [-0.39, 0.29) is 6.71 Å². The standard InChI is InChI=1S/C32H23BN2/c1-18-8-10-21-25-14-27-23(16-31(25)34-29(21)12-18)24-17-32-26(22-11-9-19(2)13-30(22)35-32)15-28(24)33(27)20-6-4-3-5-7-20/h3-17,34-35H,1-2H3. The Hall–Kier alpha value is -4.24. The van der Waals surface area contributed by atoms with Crippen LogP contribution in [0.2, 0.25) is 0 Å². The highest BCUT2D eigenvalue weighted by molar-refractivity contribution is 6.99. The molecule has 1 aliphatic rings. The van der Waals surface area contributed by atoms with Crippen molar-refractivity contribution >= 4 is 66.7 Å². The normalized spacial score (nSPS) is 12.8. The topological polar surface area (TPSA) is 31.6 Å². The molecule has 35 heavy (non-hydrogen) atoms. The summed E-state index contributed by atoms with van der Waals surface area (Å²) in [6.07, 6.45) is 0. The molecule has 5 aromatic carbocycles. The lowest BCUT2D eigenvalue weighted by molar-refractivity contribution is 1.47. The summed E-state index contributed by atoms with van der Waals surface area (Å²) in [5.74, 6) is 0. The van der Waals surface area contributed by atoms with Gasteiger partial charge < -0.3 is 9.97 Å². The molecule has 2 aromatic heterocycles. The van der Waals surface area contributed by atoms with Crippen molar-refractivity contribution < 1.29 is 0 Å². The van der Waals surface area contributed by atoms with Gasteiger partial charge in [0, 0.05) is 43.6 Å². The monoisotopic (exact) mass is 446 g/mol. The van der Waals surface area contributed by atoms with Gasteiger partial charge in [0.05, 0.1) is 0 Å². The molecule has 3 heterocycles. The number of nitrogens with one attached hydrogen (secondary N) is 2. The van der Waals surface area contributed by atoms with Gasteiger partial charge in [0.25, 0.3) is 0 Å². The third-order valence-electron chi connectivity index (χ3n) is 7.89. The van der Waals surface area contributed by atoms with E-state index in [4.69, 9.17) is 0 Å². The number of hydrogen-bond acceptors (Lipinski definition) is 0.